The molecule has 0 bridgehead atoms. The highest BCUT2D eigenvalue weighted by Crippen LogP contribution is 2.32. The first kappa shape index (κ1) is 27.5. The Morgan fingerprint density at radius 2 is 1.65 bits per heavy atom. The highest BCUT2D eigenvalue weighted by atomic mass is 16.7. The Morgan fingerprint density at radius 1 is 0.825 bits per heavy atom. The van der Waals surface area contributed by atoms with E-state index in [1.165, 1.54) is 0 Å². The SMILES string of the molecule is O=C(Cc1ccc2c(c1)CN(Cc1ccccc1)CC(=O)NCCCCCO2)NCCc1ccc2c(c1)OCO2. The van der Waals surface area contributed by atoms with Gasteiger partial charge in [0.25, 0.3) is 0 Å². The van der Waals surface area contributed by atoms with E-state index < -0.39 is 0 Å². The van der Waals surface area contributed by atoms with Gasteiger partial charge in [0.2, 0.25) is 18.6 Å². The minimum atomic E-state index is -0.0354. The van der Waals surface area contributed by atoms with Gasteiger partial charge in [-0.15, -0.1) is 0 Å². The third-order valence-corrected chi connectivity index (χ3v) is 7.07. The van der Waals surface area contributed by atoms with Crippen molar-refractivity contribution in [3.05, 3.63) is 89.0 Å². The molecule has 2 aliphatic rings. The fourth-order valence-corrected chi connectivity index (χ4v) is 5.02. The number of hydrogen-bond acceptors (Lipinski definition) is 6. The zero-order valence-electron chi connectivity index (χ0n) is 22.8. The Hall–Kier alpha value is -4.04. The number of fused-ring (bicyclic) bond motifs is 2. The maximum atomic E-state index is 12.8. The van der Waals surface area contributed by atoms with Gasteiger partial charge in [-0.2, -0.15) is 0 Å². The molecule has 8 heteroatoms. The summed E-state index contributed by atoms with van der Waals surface area (Å²) < 4.78 is 17.0. The summed E-state index contributed by atoms with van der Waals surface area (Å²) in [6.45, 7) is 3.55. The van der Waals surface area contributed by atoms with Crippen LogP contribution in [0.1, 0.15) is 41.5 Å². The van der Waals surface area contributed by atoms with Gasteiger partial charge in [-0.25, -0.2) is 0 Å². The lowest BCUT2D eigenvalue weighted by Gasteiger charge is -2.23. The van der Waals surface area contributed by atoms with Crippen LogP contribution in [0.25, 0.3) is 0 Å². The number of rotatable bonds is 7. The average molecular weight is 544 g/mol. The molecule has 0 unspecified atom stereocenters. The second-order valence-corrected chi connectivity index (χ2v) is 10.3. The van der Waals surface area contributed by atoms with Gasteiger partial charge in [0.1, 0.15) is 5.75 Å². The second-order valence-electron chi connectivity index (χ2n) is 10.3. The monoisotopic (exact) mass is 543 g/mol. The van der Waals surface area contributed by atoms with E-state index in [1.54, 1.807) is 0 Å². The van der Waals surface area contributed by atoms with Crippen molar-refractivity contribution in [3.8, 4) is 17.2 Å². The van der Waals surface area contributed by atoms with Crippen molar-refractivity contribution < 1.29 is 23.8 Å². The molecule has 3 aromatic carbocycles. The van der Waals surface area contributed by atoms with E-state index in [0.29, 0.717) is 45.8 Å². The standard InChI is InChI=1S/C32H37N3O5/c36-31(34-15-13-24-9-12-29-30(18-24)40-23-39-29)19-26-10-11-28-27(17-26)21-35(20-25-7-3-1-4-8-25)22-32(37)33-14-5-2-6-16-38-28/h1,3-4,7-12,17-18H,2,5-6,13-16,19-23H2,(H,33,37)(H,34,36). The largest absolute Gasteiger partial charge is 0.493 e. The topological polar surface area (TPSA) is 89.1 Å². The quantitative estimate of drug-likeness (QED) is 0.469. The molecule has 0 aromatic heterocycles. The van der Waals surface area contributed by atoms with Crippen LogP contribution in [0, 0.1) is 0 Å². The summed E-state index contributed by atoms with van der Waals surface area (Å²) in [4.78, 5) is 27.6. The van der Waals surface area contributed by atoms with Crippen LogP contribution < -0.4 is 24.8 Å². The molecule has 2 aliphatic heterocycles. The van der Waals surface area contributed by atoms with Crippen molar-refractivity contribution >= 4 is 11.8 Å². The summed E-state index contributed by atoms with van der Waals surface area (Å²) >= 11 is 0. The molecular formula is C32H37N3O5. The van der Waals surface area contributed by atoms with Crippen molar-refractivity contribution in [2.24, 2.45) is 0 Å². The van der Waals surface area contributed by atoms with Gasteiger partial charge in [0, 0.05) is 31.7 Å². The van der Waals surface area contributed by atoms with Crippen molar-refractivity contribution in [2.45, 2.75) is 45.2 Å². The summed E-state index contributed by atoms with van der Waals surface area (Å²) in [5.74, 6) is 2.30. The molecule has 0 radical (unpaired) electrons. The number of amides is 2. The van der Waals surface area contributed by atoms with Crippen LogP contribution in [0.15, 0.2) is 66.7 Å². The summed E-state index contributed by atoms with van der Waals surface area (Å²) in [6.07, 6.45) is 3.83. The van der Waals surface area contributed by atoms with Crippen LogP contribution in [-0.4, -0.2) is 49.7 Å². The summed E-state index contributed by atoms with van der Waals surface area (Å²) in [5, 5.41) is 6.09. The maximum Gasteiger partial charge on any atom is 0.234 e. The molecule has 3 aromatic rings. The lowest BCUT2D eigenvalue weighted by molar-refractivity contribution is -0.122. The molecule has 0 atom stereocenters. The van der Waals surface area contributed by atoms with Gasteiger partial charge in [0.05, 0.1) is 19.6 Å². The highest BCUT2D eigenvalue weighted by molar-refractivity contribution is 5.79. The van der Waals surface area contributed by atoms with Crippen LogP contribution in [0.3, 0.4) is 0 Å². The maximum absolute atomic E-state index is 12.8. The first-order valence-corrected chi connectivity index (χ1v) is 14.1. The molecule has 0 spiro atoms. The predicted octanol–water partition coefficient (Wildman–Crippen LogP) is 4.00. The molecular weight excluding hydrogens is 506 g/mol. The van der Waals surface area contributed by atoms with E-state index in [2.05, 4.69) is 27.7 Å². The third-order valence-electron chi connectivity index (χ3n) is 7.07. The summed E-state index contributed by atoms with van der Waals surface area (Å²) in [5.41, 5.74) is 4.12. The van der Waals surface area contributed by atoms with Gasteiger partial charge < -0.3 is 24.8 Å². The molecule has 210 valence electrons. The van der Waals surface area contributed by atoms with E-state index in [9.17, 15) is 9.59 Å². The summed E-state index contributed by atoms with van der Waals surface area (Å²) in [7, 11) is 0. The Balaban J connectivity index is 1.24. The van der Waals surface area contributed by atoms with Crippen LogP contribution >= 0.6 is 0 Å². The molecule has 2 N–H and O–H groups in total. The number of nitrogens with zero attached hydrogens (tertiary/aromatic N) is 1. The normalized spacial score (nSPS) is 15.9. The first-order valence-electron chi connectivity index (χ1n) is 14.1. The Labute approximate surface area is 235 Å². The minimum Gasteiger partial charge on any atom is -0.493 e. The molecule has 2 heterocycles. The Kier molecular flexibility index (Phi) is 9.53. The first-order chi connectivity index (χ1) is 19.6. The molecule has 0 saturated heterocycles. The van der Waals surface area contributed by atoms with Crippen LogP contribution in [0.2, 0.25) is 0 Å². The van der Waals surface area contributed by atoms with E-state index in [1.807, 2.05) is 54.6 Å². The van der Waals surface area contributed by atoms with E-state index in [4.69, 9.17) is 14.2 Å². The van der Waals surface area contributed by atoms with E-state index in [0.717, 1.165) is 58.8 Å². The van der Waals surface area contributed by atoms with Crippen molar-refractivity contribution in [2.75, 3.05) is 33.0 Å². The Morgan fingerprint density at radius 3 is 2.55 bits per heavy atom. The molecule has 40 heavy (non-hydrogen) atoms. The number of carbonyl (C=O) groups excluding carboxylic acids is 2. The number of nitrogens with one attached hydrogen (secondary N) is 2. The lowest BCUT2D eigenvalue weighted by Crippen LogP contribution is -2.37. The minimum absolute atomic E-state index is 0.0237. The average Bonchev–Trinajstić information content (AvgIpc) is 3.42. The number of benzene rings is 3. The Bertz CT molecular complexity index is 1300. The van der Waals surface area contributed by atoms with Gasteiger partial charge >= 0.3 is 0 Å². The molecule has 5 rings (SSSR count). The van der Waals surface area contributed by atoms with E-state index >= 15 is 0 Å². The van der Waals surface area contributed by atoms with Crippen molar-refractivity contribution in [1.29, 1.82) is 0 Å². The highest BCUT2D eigenvalue weighted by Gasteiger charge is 2.17. The third kappa shape index (κ3) is 7.99. The summed E-state index contributed by atoms with van der Waals surface area (Å²) in [6, 6.07) is 22.0. The zero-order valence-corrected chi connectivity index (χ0v) is 22.8. The van der Waals surface area contributed by atoms with Gasteiger partial charge in [-0.05, 0) is 60.6 Å². The van der Waals surface area contributed by atoms with Crippen molar-refractivity contribution in [1.82, 2.24) is 15.5 Å². The van der Waals surface area contributed by atoms with Gasteiger partial charge in [-0.3, -0.25) is 14.5 Å². The van der Waals surface area contributed by atoms with Crippen molar-refractivity contribution in [3.63, 3.8) is 0 Å². The van der Waals surface area contributed by atoms with Gasteiger partial charge in [0.15, 0.2) is 11.5 Å². The zero-order chi connectivity index (χ0) is 27.6. The fraction of sp³-hybridized carbons (Fsp3) is 0.375. The lowest BCUT2D eigenvalue weighted by atomic mass is 10.1. The molecule has 2 amide bonds. The van der Waals surface area contributed by atoms with Crippen LogP contribution in [0.4, 0.5) is 0 Å². The number of hydrogen-bond donors (Lipinski definition) is 2. The molecule has 0 aliphatic carbocycles. The molecule has 0 saturated carbocycles. The van der Waals surface area contributed by atoms with Crippen LogP contribution in [0.5, 0.6) is 17.2 Å². The number of ether oxygens (including phenoxy) is 3. The molecule has 0 fully saturated rings. The second kappa shape index (κ2) is 13.8. The predicted molar refractivity (Wildman–Crippen MR) is 152 cm³/mol. The number of carbonyl (C=O) groups is 2. The van der Waals surface area contributed by atoms with Crippen LogP contribution in [-0.2, 0) is 35.5 Å². The molecule has 8 nitrogen and oxygen atoms in total. The fourth-order valence-electron chi connectivity index (χ4n) is 5.02. The van der Waals surface area contributed by atoms with Gasteiger partial charge in [-0.1, -0.05) is 48.5 Å². The smallest absolute Gasteiger partial charge is 0.234 e. The van der Waals surface area contributed by atoms with E-state index in [-0.39, 0.29) is 25.0 Å².